The van der Waals surface area contributed by atoms with Gasteiger partial charge in [0, 0.05) is 44.2 Å². The normalized spacial score (nSPS) is 17.6. The number of aromatic hydroxyl groups is 1. The number of ketones is 1. The number of phenols is 1. The molecule has 1 saturated heterocycles. The summed E-state index contributed by atoms with van der Waals surface area (Å²) in [4.78, 5) is 27.4. The number of phenolic OH excluding ortho intramolecular Hbond substituents is 1. The first-order chi connectivity index (χ1) is 15.8. The van der Waals surface area contributed by atoms with Gasteiger partial charge < -0.3 is 19.8 Å². The second-order valence-electron chi connectivity index (χ2n) is 7.85. The number of Topliss-reactive ketones (excluding diaryl/α,β-unsaturated/α-hetero) is 1. The number of benzene rings is 2. The summed E-state index contributed by atoms with van der Waals surface area (Å²) in [7, 11) is 0. The molecule has 3 heterocycles. The molecule has 0 unspecified atom stereocenters. The van der Waals surface area contributed by atoms with E-state index in [1.807, 2.05) is 4.90 Å². The molecule has 33 heavy (non-hydrogen) atoms. The van der Waals surface area contributed by atoms with Crippen LogP contribution >= 0.6 is 11.6 Å². The minimum atomic E-state index is -0.976. The number of rotatable bonds is 3. The van der Waals surface area contributed by atoms with Crippen LogP contribution in [0.1, 0.15) is 21.6 Å². The van der Waals surface area contributed by atoms with E-state index < -0.39 is 17.7 Å². The van der Waals surface area contributed by atoms with Crippen LogP contribution in [0.15, 0.2) is 30.0 Å². The van der Waals surface area contributed by atoms with E-state index in [1.165, 1.54) is 29.2 Å². The van der Waals surface area contributed by atoms with Crippen molar-refractivity contribution in [2.75, 3.05) is 26.2 Å². The topological polar surface area (TPSA) is 119 Å². The maximum Gasteiger partial charge on any atom is 0.407 e. The van der Waals surface area contributed by atoms with Crippen molar-refractivity contribution in [3.8, 4) is 11.5 Å². The van der Waals surface area contributed by atoms with Crippen LogP contribution in [0.2, 0.25) is 5.02 Å². The van der Waals surface area contributed by atoms with Gasteiger partial charge in [-0.25, -0.2) is 9.18 Å². The Labute approximate surface area is 191 Å². The van der Waals surface area contributed by atoms with Crippen molar-refractivity contribution < 1.29 is 28.9 Å². The van der Waals surface area contributed by atoms with Crippen LogP contribution in [0.4, 0.5) is 9.18 Å². The number of fused-ring (bicyclic) bond motifs is 2. The molecule has 1 amide bonds. The Kier molecular flexibility index (Phi) is 5.18. The van der Waals surface area contributed by atoms with Crippen molar-refractivity contribution in [2.24, 2.45) is 0 Å². The Morgan fingerprint density at radius 1 is 1.27 bits per heavy atom. The molecule has 2 aliphatic heterocycles. The third kappa shape index (κ3) is 3.77. The monoisotopic (exact) mass is 472 g/mol. The molecular weight excluding hydrogens is 455 g/mol. The molecule has 9 nitrogen and oxygen atoms in total. The van der Waals surface area contributed by atoms with Crippen molar-refractivity contribution in [1.82, 2.24) is 20.0 Å². The highest BCUT2D eigenvalue weighted by molar-refractivity contribution is 6.33. The van der Waals surface area contributed by atoms with Gasteiger partial charge in [0.2, 0.25) is 5.78 Å². The number of allylic oxidation sites excluding steroid dienone is 1. The van der Waals surface area contributed by atoms with Gasteiger partial charge in [-0.05, 0) is 24.3 Å². The van der Waals surface area contributed by atoms with Gasteiger partial charge in [0.25, 0.3) is 0 Å². The summed E-state index contributed by atoms with van der Waals surface area (Å²) in [5.41, 5.74) is 1.49. The lowest BCUT2D eigenvalue weighted by molar-refractivity contribution is 0.101. The SMILES string of the molecule is O=C1/C(=C/c2n[nH]c3ccc(F)cc23)Oc2c1cc(Cl)c(O)c2CN1CCN(C(=O)O)CC1. The summed E-state index contributed by atoms with van der Waals surface area (Å²) < 4.78 is 19.5. The Balaban J connectivity index is 1.46. The number of piperazine rings is 1. The summed E-state index contributed by atoms with van der Waals surface area (Å²) in [6, 6.07) is 5.51. The first-order valence-electron chi connectivity index (χ1n) is 10.1. The predicted molar refractivity (Wildman–Crippen MR) is 117 cm³/mol. The van der Waals surface area contributed by atoms with Crippen LogP contribution in [0.25, 0.3) is 17.0 Å². The lowest BCUT2D eigenvalue weighted by atomic mass is 10.0. The average Bonchev–Trinajstić information content (AvgIpc) is 3.33. The molecule has 0 atom stereocenters. The molecule has 1 aromatic heterocycles. The van der Waals surface area contributed by atoms with Gasteiger partial charge in [-0.3, -0.25) is 14.8 Å². The van der Waals surface area contributed by atoms with E-state index >= 15 is 0 Å². The molecule has 0 radical (unpaired) electrons. The second kappa shape index (κ2) is 8.05. The maximum absolute atomic E-state index is 13.7. The van der Waals surface area contributed by atoms with Gasteiger partial charge in [-0.1, -0.05) is 11.6 Å². The van der Waals surface area contributed by atoms with E-state index in [0.717, 1.165) is 0 Å². The number of amides is 1. The minimum Gasteiger partial charge on any atom is -0.506 e. The number of carboxylic acid groups (broad SMARTS) is 1. The van der Waals surface area contributed by atoms with Crippen LogP contribution in [0, 0.1) is 5.82 Å². The molecule has 0 aliphatic carbocycles. The number of hydrogen-bond acceptors (Lipinski definition) is 6. The smallest absolute Gasteiger partial charge is 0.407 e. The highest BCUT2D eigenvalue weighted by Gasteiger charge is 2.34. The Morgan fingerprint density at radius 3 is 2.76 bits per heavy atom. The third-order valence-electron chi connectivity index (χ3n) is 5.83. The first kappa shape index (κ1) is 21.2. The molecule has 11 heteroatoms. The number of H-pyrrole nitrogens is 1. The number of aromatic nitrogens is 2. The molecule has 0 bridgehead atoms. The van der Waals surface area contributed by atoms with Gasteiger partial charge in [0.1, 0.15) is 17.3 Å². The molecule has 170 valence electrons. The van der Waals surface area contributed by atoms with Gasteiger partial charge in [-0.2, -0.15) is 5.10 Å². The zero-order valence-corrected chi connectivity index (χ0v) is 17.9. The third-order valence-corrected chi connectivity index (χ3v) is 6.12. The molecule has 2 aromatic carbocycles. The number of halogens is 2. The maximum atomic E-state index is 13.7. The van der Waals surface area contributed by atoms with Crippen molar-refractivity contribution in [3.63, 3.8) is 0 Å². The van der Waals surface area contributed by atoms with Crippen LogP contribution in [-0.4, -0.2) is 68.3 Å². The number of carbonyl (C=O) groups is 2. The van der Waals surface area contributed by atoms with Crippen LogP contribution in [0.5, 0.6) is 11.5 Å². The molecular formula is C22H18ClFN4O5. The highest BCUT2D eigenvalue weighted by Crippen LogP contribution is 2.44. The number of nitrogens with zero attached hydrogens (tertiary/aromatic N) is 3. The van der Waals surface area contributed by atoms with Crippen LogP contribution in [0.3, 0.4) is 0 Å². The summed E-state index contributed by atoms with van der Waals surface area (Å²) in [5, 5.41) is 27.1. The van der Waals surface area contributed by atoms with Crippen LogP contribution in [-0.2, 0) is 6.54 Å². The van der Waals surface area contributed by atoms with Crippen molar-refractivity contribution in [3.05, 3.63) is 57.7 Å². The first-order valence-corrected chi connectivity index (χ1v) is 10.5. The number of nitrogens with one attached hydrogen (secondary N) is 1. The lowest BCUT2D eigenvalue weighted by Crippen LogP contribution is -2.47. The standard InChI is InChI=1S/C22H18ClFN4O5/c23-15-8-13-20(30)18(9-17-12-7-11(24)1-2-16(12)25-26-17)33-21(13)14(19(15)29)10-27-3-5-28(6-4-27)22(31)32/h1-2,7-9,29H,3-6,10H2,(H,25,26)(H,31,32)/b18-9-. The molecule has 5 rings (SSSR count). The lowest BCUT2D eigenvalue weighted by Gasteiger charge is -2.33. The zero-order valence-electron chi connectivity index (χ0n) is 17.1. The molecule has 3 aromatic rings. The predicted octanol–water partition coefficient (Wildman–Crippen LogP) is 3.47. The summed E-state index contributed by atoms with van der Waals surface area (Å²) in [6.07, 6.45) is 0.441. The summed E-state index contributed by atoms with van der Waals surface area (Å²) >= 11 is 6.19. The second-order valence-corrected chi connectivity index (χ2v) is 8.25. The van der Waals surface area contributed by atoms with E-state index in [1.54, 1.807) is 6.07 Å². The van der Waals surface area contributed by atoms with Gasteiger partial charge >= 0.3 is 6.09 Å². The van der Waals surface area contributed by atoms with E-state index in [0.29, 0.717) is 48.3 Å². The molecule has 3 N–H and O–H groups in total. The van der Waals surface area contributed by atoms with Crippen molar-refractivity contribution in [2.45, 2.75) is 6.54 Å². The fourth-order valence-electron chi connectivity index (χ4n) is 4.05. The number of aromatic amines is 1. The Bertz CT molecular complexity index is 1330. The average molecular weight is 473 g/mol. The fraction of sp³-hybridized carbons (Fsp3) is 0.227. The zero-order chi connectivity index (χ0) is 23.3. The van der Waals surface area contributed by atoms with Crippen molar-refractivity contribution in [1.29, 1.82) is 0 Å². The molecule has 2 aliphatic rings. The Morgan fingerprint density at radius 2 is 2.03 bits per heavy atom. The number of ether oxygens (including phenoxy) is 1. The largest absolute Gasteiger partial charge is 0.506 e. The van der Waals surface area contributed by atoms with Gasteiger partial charge in [0.15, 0.2) is 5.76 Å². The van der Waals surface area contributed by atoms with Crippen molar-refractivity contribution >= 4 is 40.5 Å². The number of carbonyl (C=O) groups excluding carboxylic acids is 1. The van der Waals surface area contributed by atoms with Crippen LogP contribution < -0.4 is 4.74 Å². The quantitative estimate of drug-likeness (QED) is 0.499. The van der Waals surface area contributed by atoms with E-state index in [9.17, 15) is 19.1 Å². The van der Waals surface area contributed by atoms with E-state index in [2.05, 4.69) is 10.2 Å². The Hall–Kier alpha value is -3.63. The molecule has 0 spiro atoms. The van der Waals surface area contributed by atoms with Gasteiger partial charge in [-0.15, -0.1) is 0 Å². The highest BCUT2D eigenvalue weighted by atomic mass is 35.5. The molecule has 0 saturated carbocycles. The number of hydrogen-bond donors (Lipinski definition) is 3. The van der Waals surface area contributed by atoms with E-state index in [-0.39, 0.29) is 34.4 Å². The van der Waals surface area contributed by atoms with E-state index in [4.69, 9.17) is 21.4 Å². The minimum absolute atomic E-state index is 0.0124. The fourth-order valence-corrected chi connectivity index (χ4v) is 4.28. The summed E-state index contributed by atoms with van der Waals surface area (Å²) in [6.45, 7) is 1.78. The summed E-state index contributed by atoms with van der Waals surface area (Å²) in [5.74, 6) is -0.901. The van der Waals surface area contributed by atoms with Gasteiger partial charge in [0.05, 0.1) is 27.4 Å². The molecule has 1 fully saturated rings.